The van der Waals surface area contributed by atoms with Gasteiger partial charge in [0.2, 0.25) is 0 Å². The molecule has 2 aliphatic heterocycles. The van der Waals surface area contributed by atoms with E-state index < -0.39 is 0 Å². The summed E-state index contributed by atoms with van der Waals surface area (Å²) in [5.41, 5.74) is 9.03. The number of hydrogen-bond donors (Lipinski definition) is 1. The quantitative estimate of drug-likeness (QED) is 0.903. The van der Waals surface area contributed by atoms with Crippen LogP contribution < -0.4 is 5.73 Å². The van der Waals surface area contributed by atoms with Gasteiger partial charge in [0.15, 0.2) is 0 Å². The fourth-order valence-corrected chi connectivity index (χ4v) is 3.90. The zero-order chi connectivity index (χ0) is 14.7. The fourth-order valence-electron chi connectivity index (χ4n) is 3.90. The fraction of sp³-hybridized carbons (Fsp3) is 0.667. The summed E-state index contributed by atoms with van der Waals surface area (Å²) in [6.07, 6.45) is 5.21. The molecule has 3 heteroatoms. The van der Waals surface area contributed by atoms with Crippen molar-refractivity contribution in [3.05, 3.63) is 35.4 Å². The number of benzene rings is 1. The average molecular weight is 287 g/mol. The van der Waals surface area contributed by atoms with Gasteiger partial charge >= 0.3 is 0 Å². The molecule has 116 valence electrons. The molecule has 0 radical (unpaired) electrons. The van der Waals surface area contributed by atoms with Crippen molar-refractivity contribution < 1.29 is 0 Å². The highest BCUT2D eigenvalue weighted by Crippen LogP contribution is 2.23. The molecule has 2 fully saturated rings. The summed E-state index contributed by atoms with van der Waals surface area (Å²) in [4.78, 5) is 5.31. The normalized spacial score (nSPS) is 25.5. The highest BCUT2D eigenvalue weighted by Gasteiger charge is 2.29. The van der Waals surface area contributed by atoms with Crippen molar-refractivity contribution in [3.8, 4) is 0 Å². The van der Waals surface area contributed by atoms with Crippen LogP contribution in [0.4, 0.5) is 0 Å². The van der Waals surface area contributed by atoms with Crippen molar-refractivity contribution >= 4 is 0 Å². The van der Waals surface area contributed by atoms with E-state index in [2.05, 4.69) is 41.0 Å². The molecule has 0 aromatic heterocycles. The summed E-state index contributed by atoms with van der Waals surface area (Å²) in [5.74, 6) is 0. The van der Waals surface area contributed by atoms with Gasteiger partial charge in [-0.05, 0) is 63.4 Å². The molecule has 3 rings (SSSR count). The van der Waals surface area contributed by atoms with Crippen LogP contribution in [0.3, 0.4) is 0 Å². The van der Waals surface area contributed by atoms with Crippen LogP contribution in [0.2, 0.25) is 0 Å². The third-order valence-corrected chi connectivity index (χ3v) is 5.25. The lowest BCUT2D eigenvalue weighted by Crippen LogP contribution is -2.35. The van der Waals surface area contributed by atoms with Crippen LogP contribution in [0.1, 0.15) is 42.9 Å². The van der Waals surface area contributed by atoms with Crippen molar-refractivity contribution in [2.24, 2.45) is 5.73 Å². The molecule has 2 N–H and O–H groups in total. The minimum absolute atomic E-state index is 0.178. The van der Waals surface area contributed by atoms with E-state index in [1.54, 1.807) is 0 Å². The average Bonchev–Trinajstić information content (AvgIpc) is 3.16. The Morgan fingerprint density at radius 1 is 1.19 bits per heavy atom. The Balaban J connectivity index is 1.46. The van der Waals surface area contributed by atoms with Crippen LogP contribution in [0.15, 0.2) is 24.3 Å². The van der Waals surface area contributed by atoms with Crippen LogP contribution in [-0.2, 0) is 0 Å². The van der Waals surface area contributed by atoms with E-state index in [-0.39, 0.29) is 6.04 Å². The largest absolute Gasteiger partial charge is 0.324 e. The maximum Gasteiger partial charge on any atom is 0.0309 e. The van der Waals surface area contributed by atoms with Crippen LogP contribution in [0, 0.1) is 6.92 Å². The lowest BCUT2D eigenvalue weighted by Gasteiger charge is -2.24. The van der Waals surface area contributed by atoms with E-state index in [1.807, 2.05) is 0 Å². The van der Waals surface area contributed by atoms with Gasteiger partial charge in [-0.15, -0.1) is 0 Å². The molecule has 1 aromatic rings. The smallest absolute Gasteiger partial charge is 0.0309 e. The lowest BCUT2D eigenvalue weighted by molar-refractivity contribution is 0.230. The molecule has 0 bridgehead atoms. The third kappa shape index (κ3) is 3.65. The van der Waals surface area contributed by atoms with Crippen LogP contribution >= 0.6 is 0 Å². The van der Waals surface area contributed by atoms with Gasteiger partial charge in [-0.2, -0.15) is 0 Å². The topological polar surface area (TPSA) is 32.5 Å². The molecule has 0 amide bonds. The second-order valence-corrected chi connectivity index (χ2v) is 6.74. The highest BCUT2D eigenvalue weighted by atomic mass is 15.3. The first-order chi connectivity index (χ1) is 10.2. The van der Waals surface area contributed by atoms with Crippen molar-refractivity contribution in [1.29, 1.82) is 0 Å². The lowest BCUT2D eigenvalue weighted by atomic mass is 9.99. The number of rotatable bonds is 5. The summed E-state index contributed by atoms with van der Waals surface area (Å²) < 4.78 is 0. The molecular weight excluding hydrogens is 258 g/mol. The van der Waals surface area contributed by atoms with Crippen molar-refractivity contribution in [2.75, 3.05) is 32.7 Å². The number of nitrogens with two attached hydrogens (primary N) is 1. The van der Waals surface area contributed by atoms with Crippen molar-refractivity contribution in [2.45, 2.75) is 44.7 Å². The molecule has 0 spiro atoms. The highest BCUT2D eigenvalue weighted by molar-refractivity contribution is 5.28. The predicted octanol–water partition coefficient (Wildman–Crippen LogP) is 2.56. The summed E-state index contributed by atoms with van der Waals surface area (Å²) in [6.45, 7) is 8.44. The monoisotopic (exact) mass is 287 g/mol. The minimum Gasteiger partial charge on any atom is -0.324 e. The summed E-state index contributed by atoms with van der Waals surface area (Å²) in [7, 11) is 0. The molecule has 0 saturated carbocycles. The second kappa shape index (κ2) is 6.91. The number of likely N-dealkylation sites (tertiary alicyclic amines) is 2. The maximum absolute atomic E-state index is 6.39. The minimum atomic E-state index is 0.178. The Morgan fingerprint density at radius 2 is 1.95 bits per heavy atom. The first-order valence-electron chi connectivity index (χ1n) is 8.51. The van der Waals surface area contributed by atoms with Gasteiger partial charge in [0.05, 0.1) is 0 Å². The maximum atomic E-state index is 6.39. The van der Waals surface area contributed by atoms with E-state index in [0.717, 1.165) is 19.0 Å². The molecule has 2 aliphatic rings. The van der Waals surface area contributed by atoms with E-state index >= 15 is 0 Å². The standard InChI is InChI=1S/C18H29N3/c1-15-6-2-3-7-17(15)18(19)9-13-20-12-8-16(14-20)21-10-4-5-11-21/h2-3,6-7,16,18H,4-5,8-14,19H2,1H3. The predicted molar refractivity (Wildman–Crippen MR) is 88.4 cm³/mol. The Bertz CT molecular complexity index is 454. The Morgan fingerprint density at radius 3 is 2.71 bits per heavy atom. The molecule has 2 unspecified atom stereocenters. The van der Waals surface area contributed by atoms with E-state index in [4.69, 9.17) is 5.73 Å². The molecule has 0 aliphatic carbocycles. The molecule has 2 atom stereocenters. The SMILES string of the molecule is Cc1ccccc1C(N)CCN1CCC(N2CCCC2)C1. The van der Waals surface area contributed by atoms with Gasteiger partial charge < -0.3 is 10.6 Å². The summed E-state index contributed by atoms with van der Waals surface area (Å²) >= 11 is 0. The van der Waals surface area contributed by atoms with E-state index in [0.29, 0.717) is 0 Å². The zero-order valence-corrected chi connectivity index (χ0v) is 13.3. The molecule has 2 saturated heterocycles. The first kappa shape index (κ1) is 15.0. The molecule has 1 aromatic carbocycles. The van der Waals surface area contributed by atoms with Gasteiger partial charge in [-0.1, -0.05) is 24.3 Å². The summed E-state index contributed by atoms with van der Waals surface area (Å²) in [5, 5.41) is 0. The van der Waals surface area contributed by atoms with Gasteiger partial charge in [0.25, 0.3) is 0 Å². The number of hydrogen-bond acceptors (Lipinski definition) is 3. The van der Waals surface area contributed by atoms with Crippen LogP contribution in [0.25, 0.3) is 0 Å². The van der Waals surface area contributed by atoms with Gasteiger partial charge in [-0.3, -0.25) is 4.90 Å². The van der Waals surface area contributed by atoms with Crippen molar-refractivity contribution in [1.82, 2.24) is 9.80 Å². The van der Waals surface area contributed by atoms with E-state index in [1.165, 1.54) is 56.6 Å². The second-order valence-electron chi connectivity index (χ2n) is 6.74. The zero-order valence-electron chi connectivity index (χ0n) is 13.3. The Labute approximate surface area is 129 Å². The molecule has 21 heavy (non-hydrogen) atoms. The molecular formula is C18H29N3. The van der Waals surface area contributed by atoms with Crippen LogP contribution in [0.5, 0.6) is 0 Å². The van der Waals surface area contributed by atoms with E-state index in [9.17, 15) is 0 Å². The Kier molecular flexibility index (Phi) is 4.94. The van der Waals surface area contributed by atoms with Crippen molar-refractivity contribution in [3.63, 3.8) is 0 Å². The van der Waals surface area contributed by atoms with Gasteiger partial charge in [-0.25, -0.2) is 0 Å². The Hall–Kier alpha value is -0.900. The first-order valence-corrected chi connectivity index (χ1v) is 8.51. The number of aryl methyl sites for hydroxylation is 1. The van der Waals surface area contributed by atoms with Crippen LogP contribution in [-0.4, -0.2) is 48.6 Å². The van der Waals surface area contributed by atoms with Gasteiger partial charge in [0.1, 0.15) is 0 Å². The number of nitrogens with zero attached hydrogens (tertiary/aromatic N) is 2. The third-order valence-electron chi connectivity index (χ3n) is 5.25. The molecule has 2 heterocycles. The molecule has 3 nitrogen and oxygen atoms in total. The summed E-state index contributed by atoms with van der Waals surface area (Å²) in [6, 6.07) is 9.51. The van der Waals surface area contributed by atoms with Gasteiger partial charge in [0, 0.05) is 25.2 Å².